The van der Waals surface area contributed by atoms with Crippen LogP contribution in [0.1, 0.15) is 17.2 Å². The van der Waals surface area contributed by atoms with Crippen LogP contribution in [-0.2, 0) is 17.8 Å². The first-order valence-corrected chi connectivity index (χ1v) is 8.32. The van der Waals surface area contributed by atoms with E-state index in [1.165, 1.54) is 5.69 Å². The molecule has 1 atom stereocenters. The van der Waals surface area contributed by atoms with Crippen LogP contribution in [0.15, 0.2) is 24.4 Å². The zero-order valence-electron chi connectivity index (χ0n) is 14.1. The lowest BCUT2D eigenvalue weighted by Crippen LogP contribution is -2.44. The molecule has 3 aromatic rings. The molecule has 0 spiro atoms. The van der Waals surface area contributed by atoms with Gasteiger partial charge in [0.25, 0.3) is 0 Å². The van der Waals surface area contributed by atoms with Crippen LogP contribution in [0.3, 0.4) is 0 Å². The van der Waals surface area contributed by atoms with Gasteiger partial charge in [-0.3, -0.25) is 9.58 Å². The normalized spacial score (nSPS) is 19.2. The second-order valence-electron chi connectivity index (χ2n) is 6.40. The maximum Gasteiger partial charge on any atom is 0.177 e. The molecule has 7 heteroatoms. The van der Waals surface area contributed by atoms with Crippen LogP contribution in [0.4, 0.5) is 0 Å². The van der Waals surface area contributed by atoms with E-state index in [1.807, 2.05) is 23.7 Å². The average Bonchev–Trinajstić information content (AvgIpc) is 3.10. The summed E-state index contributed by atoms with van der Waals surface area (Å²) >= 11 is 0. The first kappa shape index (κ1) is 15.3. The highest BCUT2D eigenvalue weighted by molar-refractivity contribution is 5.69. The molecule has 0 aliphatic carbocycles. The molecule has 0 amide bonds. The number of nitrogens with zero attached hydrogens (tertiary/aromatic N) is 5. The number of pyridine rings is 1. The summed E-state index contributed by atoms with van der Waals surface area (Å²) in [5.41, 5.74) is 3.99. The molecular formula is C17H22N6O. The zero-order chi connectivity index (χ0) is 16.5. The van der Waals surface area contributed by atoms with Crippen LogP contribution in [-0.4, -0.2) is 55.4 Å². The molecule has 1 fully saturated rings. The third-order valence-corrected chi connectivity index (χ3v) is 4.38. The second-order valence-corrected chi connectivity index (χ2v) is 6.40. The minimum absolute atomic E-state index is 0.152. The van der Waals surface area contributed by atoms with Crippen molar-refractivity contribution in [1.29, 1.82) is 0 Å². The summed E-state index contributed by atoms with van der Waals surface area (Å²) in [4.78, 5) is 14.6. The van der Waals surface area contributed by atoms with Gasteiger partial charge in [-0.05, 0) is 32.0 Å². The highest BCUT2D eigenvalue weighted by Crippen LogP contribution is 2.14. The number of hydrogen-bond donors (Lipinski definition) is 1. The first-order valence-electron chi connectivity index (χ1n) is 8.32. The van der Waals surface area contributed by atoms with Gasteiger partial charge in [0.15, 0.2) is 5.65 Å². The Morgan fingerprint density at radius 1 is 1.38 bits per heavy atom. The van der Waals surface area contributed by atoms with Gasteiger partial charge in [0.1, 0.15) is 5.82 Å². The smallest absolute Gasteiger partial charge is 0.177 e. The SMILES string of the molecule is Cc1cc(C)n(CC2CN(Cc3nc4ncccc4[nH]3)CCO2)n1. The summed E-state index contributed by atoms with van der Waals surface area (Å²) in [5.74, 6) is 0.954. The monoisotopic (exact) mass is 326 g/mol. The third kappa shape index (κ3) is 3.18. The van der Waals surface area contributed by atoms with Crippen molar-refractivity contribution in [2.24, 2.45) is 0 Å². The number of aromatic nitrogens is 5. The lowest BCUT2D eigenvalue weighted by atomic mass is 10.2. The minimum Gasteiger partial charge on any atom is -0.374 e. The molecule has 1 unspecified atom stereocenters. The highest BCUT2D eigenvalue weighted by atomic mass is 16.5. The number of rotatable bonds is 4. The topological polar surface area (TPSA) is 71.9 Å². The van der Waals surface area contributed by atoms with Crippen molar-refractivity contribution >= 4 is 11.2 Å². The number of aryl methyl sites for hydroxylation is 2. The number of imidazole rings is 1. The summed E-state index contributed by atoms with van der Waals surface area (Å²) in [5, 5.41) is 4.53. The molecule has 0 radical (unpaired) electrons. The minimum atomic E-state index is 0.152. The Balaban J connectivity index is 1.42. The molecule has 24 heavy (non-hydrogen) atoms. The summed E-state index contributed by atoms with van der Waals surface area (Å²) in [6, 6.07) is 6.02. The Kier molecular flexibility index (Phi) is 4.03. The Hall–Kier alpha value is -2.25. The Morgan fingerprint density at radius 2 is 2.29 bits per heavy atom. The Labute approximate surface area is 140 Å². The molecule has 1 aliphatic rings. The number of hydrogen-bond acceptors (Lipinski definition) is 5. The van der Waals surface area contributed by atoms with Crippen LogP contribution >= 0.6 is 0 Å². The van der Waals surface area contributed by atoms with E-state index in [2.05, 4.69) is 37.9 Å². The van der Waals surface area contributed by atoms with Crippen molar-refractivity contribution in [3.8, 4) is 0 Å². The molecule has 1 saturated heterocycles. The lowest BCUT2D eigenvalue weighted by molar-refractivity contribution is -0.0410. The van der Waals surface area contributed by atoms with Crippen LogP contribution in [0.5, 0.6) is 0 Å². The highest BCUT2D eigenvalue weighted by Gasteiger charge is 2.22. The summed E-state index contributed by atoms with van der Waals surface area (Å²) in [6.07, 6.45) is 1.92. The van der Waals surface area contributed by atoms with Gasteiger partial charge in [-0.2, -0.15) is 5.10 Å². The number of morpholine rings is 1. The quantitative estimate of drug-likeness (QED) is 0.790. The van der Waals surface area contributed by atoms with Crippen molar-refractivity contribution in [3.63, 3.8) is 0 Å². The van der Waals surface area contributed by atoms with Crippen molar-refractivity contribution in [1.82, 2.24) is 29.6 Å². The molecule has 4 heterocycles. The molecule has 1 N–H and O–H groups in total. The van der Waals surface area contributed by atoms with E-state index in [1.54, 1.807) is 6.20 Å². The number of aromatic amines is 1. The predicted octanol–water partition coefficient (Wildman–Crippen LogP) is 1.67. The van der Waals surface area contributed by atoms with Crippen molar-refractivity contribution in [2.75, 3.05) is 19.7 Å². The number of fused-ring (bicyclic) bond motifs is 1. The fourth-order valence-corrected chi connectivity index (χ4v) is 3.27. The van der Waals surface area contributed by atoms with E-state index in [-0.39, 0.29) is 6.10 Å². The van der Waals surface area contributed by atoms with Gasteiger partial charge >= 0.3 is 0 Å². The maximum atomic E-state index is 5.93. The third-order valence-electron chi connectivity index (χ3n) is 4.38. The van der Waals surface area contributed by atoms with Crippen LogP contribution in [0.25, 0.3) is 11.2 Å². The van der Waals surface area contributed by atoms with E-state index in [0.717, 1.165) is 55.5 Å². The number of ether oxygens (including phenoxy) is 1. The molecule has 3 aromatic heterocycles. The molecule has 4 rings (SSSR count). The molecule has 7 nitrogen and oxygen atoms in total. The van der Waals surface area contributed by atoms with Crippen LogP contribution in [0.2, 0.25) is 0 Å². The zero-order valence-corrected chi connectivity index (χ0v) is 14.1. The summed E-state index contributed by atoms with van der Waals surface area (Å²) in [6.45, 7) is 8.21. The van der Waals surface area contributed by atoms with Gasteiger partial charge in [0.05, 0.1) is 37.0 Å². The Bertz CT molecular complexity index is 806. The van der Waals surface area contributed by atoms with E-state index >= 15 is 0 Å². The van der Waals surface area contributed by atoms with E-state index in [9.17, 15) is 0 Å². The van der Waals surface area contributed by atoms with Crippen LogP contribution < -0.4 is 0 Å². The fourth-order valence-electron chi connectivity index (χ4n) is 3.27. The van der Waals surface area contributed by atoms with Crippen molar-refractivity contribution in [2.45, 2.75) is 33.0 Å². The molecule has 126 valence electrons. The predicted molar refractivity (Wildman–Crippen MR) is 90.6 cm³/mol. The number of nitrogens with one attached hydrogen (secondary N) is 1. The first-order chi connectivity index (χ1) is 11.7. The van der Waals surface area contributed by atoms with Crippen LogP contribution in [0, 0.1) is 13.8 Å². The second kappa shape index (κ2) is 6.33. The van der Waals surface area contributed by atoms with E-state index < -0.39 is 0 Å². The van der Waals surface area contributed by atoms with Gasteiger partial charge < -0.3 is 9.72 Å². The Morgan fingerprint density at radius 3 is 3.08 bits per heavy atom. The van der Waals surface area contributed by atoms with Crippen molar-refractivity contribution in [3.05, 3.63) is 41.6 Å². The standard InChI is InChI=1S/C17H22N6O/c1-12-8-13(2)23(21-12)10-14-9-22(6-7-24-14)11-16-19-15-4-3-5-18-17(15)20-16/h3-5,8,14H,6-7,9-11H2,1-2H3,(H,18,19,20). The lowest BCUT2D eigenvalue weighted by Gasteiger charge is -2.32. The van der Waals surface area contributed by atoms with E-state index in [4.69, 9.17) is 4.74 Å². The summed E-state index contributed by atoms with van der Waals surface area (Å²) < 4.78 is 7.96. The fraction of sp³-hybridized carbons (Fsp3) is 0.471. The molecular weight excluding hydrogens is 304 g/mol. The molecule has 1 aliphatic heterocycles. The van der Waals surface area contributed by atoms with Gasteiger partial charge in [-0.1, -0.05) is 0 Å². The maximum absolute atomic E-state index is 5.93. The average molecular weight is 326 g/mol. The number of H-pyrrole nitrogens is 1. The summed E-state index contributed by atoms with van der Waals surface area (Å²) in [7, 11) is 0. The largest absolute Gasteiger partial charge is 0.374 e. The van der Waals surface area contributed by atoms with Gasteiger partial charge in [-0.15, -0.1) is 0 Å². The molecule has 0 bridgehead atoms. The van der Waals surface area contributed by atoms with Gasteiger partial charge in [0.2, 0.25) is 0 Å². The van der Waals surface area contributed by atoms with Crippen molar-refractivity contribution < 1.29 is 4.74 Å². The molecule has 0 saturated carbocycles. The van der Waals surface area contributed by atoms with E-state index in [0.29, 0.717) is 0 Å². The van der Waals surface area contributed by atoms with Gasteiger partial charge in [-0.25, -0.2) is 9.97 Å². The molecule has 0 aromatic carbocycles. The van der Waals surface area contributed by atoms with Gasteiger partial charge in [0, 0.05) is 25.0 Å².